The van der Waals surface area contributed by atoms with Crippen LogP contribution in [0.1, 0.15) is 175 Å². The van der Waals surface area contributed by atoms with Crippen molar-refractivity contribution in [1.29, 1.82) is 0 Å². The molecule has 5 aliphatic heterocycles. The number of nitrogens with zero attached hydrogens (tertiary/aromatic N) is 18. The third-order valence-corrected chi connectivity index (χ3v) is 17.0. The monoisotopic (exact) mass is 1630 g/mol. The second-order valence-corrected chi connectivity index (χ2v) is 31.6. The first-order valence-corrected chi connectivity index (χ1v) is 36.0. The van der Waals surface area contributed by atoms with Gasteiger partial charge in [-0.25, -0.2) is 75.4 Å². The van der Waals surface area contributed by atoms with E-state index in [2.05, 4.69) is 99.4 Å². The summed E-state index contributed by atoms with van der Waals surface area (Å²) in [6, 6.07) is 0.516. The smallest absolute Gasteiger partial charge is 0.443 e. The number of hydrogen-bond acceptors (Lipinski definition) is 31. The second-order valence-electron chi connectivity index (χ2n) is 30.5. The van der Waals surface area contributed by atoms with E-state index < -0.39 is 113 Å². The first kappa shape index (κ1) is 88.1. The molecular formula is C67H96BBrClF6N19O14. The van der Waals surface area contributed by atoms with Crippen molar-refractivity contribution >= 4 is 106 Å². The highest BCUT2D eigenvalue weighted by molar-refractivity contribution is 9.10. The second kappa shape index (κ2) is 36.4. The summed E-state index contributed by atoms with van der Waals surface area (Å²) in [6.07, 6.45) is -10.2. The van der Waals surface area contributed by atoms with Gasteiger partial charge in [-0.05, 0) is 166 Å². The van der Waals surface area contributed by atoms with Crippen LogP contribution in [0.2, 0.25) is 5.28 Å². The molecule has 0 aromatic carbocycles. The number of carbonyl (C=O) groups is 4. The molecule has 5 saturated heterocycles. The van der Waals surface area contributed by atoms with Gasteiger partial charge in [0.2, 0.25) is 46.9 Å². The van der Waals surface area contributed by atoms with Gasteiger partial charge in [0.05, 0.1) is 98.3 Å². The van der Waals surface area contributed by atoms with Crippen molar-refractivity contribution < 1.29 is 92.7 Å². The van der Waals surface area contributed by atoms with Crippen LogP contribution in [0.4, 0.5) is 87.2 Å². The Hall–Kier alpha value is -8.09. The molecule has 602 valence electrons. The number of imide groups is 2. The maximum absolute atomic E-state index is 14.0. The Kier molecular flexibility index (Phi) is 29.4. The number of aromatic nitrogens is 12. The van der Waals surface area contributed by atoms with E-state index in [0.717, 1.165) is 25.5 Å². The van der Waals surface area contributed by atoms with Crippen molar-refractivity contribution in [2.45, 2.75) is 216 Å². The Balaban J connectivity index is 0.000000205. The van der Waals surface area contributed by atoms with Gasteiger partial charge in [-0.15, -0.1) is 9.80 Å². The quantitative estimate of drug-likeness (QED) is 0.0729. The number of halogens is 8. The van der Waals surface area contributed by atoms with Gasteiger partial charge in [0.25, 0.3) is 19.3 Å². The number of ether oxygens (including phenoxy) is 8. The predicted octanol–water partition coefficient (Wildman–Crippen LogP) is 11.5. The van der Waals surface area contributed by atoms with Gasteiger partial charge in [0.1, 0.15) is 39.5 Å². The minimum Gasteiger partial charge on any atom is -0.443 e. The third-order valence-electron chi connectivity index (χ3n) is 16.2. The molecule has 42 heteroatoms. The lowest BCUT2D eigenvalue weighted by molar-refractivity contribution is 0.00578. The Morgan fingerprint density at radius 2 is 0.817 bits per heavy atom. The van der Waals surface area contributed by atoms with Crippen LogP contribution < -0.4 is 40.6 Å². The van der Waals surface area contributed by atoms with Gasteiger partial charge in [0, 0.05) is 50.2 Å². The molecule has 0 saturated carbocycles. The van der Waals surface area contributed by atoms with E-state index in [1.54, 1.807) is 111 Å². The lowest BCUT2D eigenvalue weighted by Crippen LogP contribution is -2.46. The summed E-state index contributed by atoms with van der Waals surface area (Å²) in [5.74, 6) is 0.730. The first-order chi connectivity index (χ1) is 50.5. The van der Waals surface area contributed by atoms with Crippen molar-refractivity contribution in [3.8, 4) is 11.4 Å². The molecule has 4 amide bonds. The number of alkyl halides is 6. The standard InChI is InChI=1S/C21H32BF2N3O6.C18H24F2N8O2.C15H20BrF2N3O4.C13H20ClN5O2/c1-18(2,3)30-16(28)27(17(29)31-19(4,5)6)15-25-11-12(13(26-15)14(23)24)22-32-20(7,8)21(9,10)33-22;1-10-8-29-5-3-27(10)17-24-15(12-7-22-16(21)23-13(12)14(19)20)25-18(26-17)28-4-6-30-9-11(28)2;1-14(2,3)24-12(22)21(13(23)25-15(4,5)6)11-19-7-8(16)9(20-11)10(17)18;1-9-7-20-5-3-18(9)12-15-11(14)16-13(17-12)19-4-6-21-8-10(19)2/h11,14H,1-10H3;7,10-11,14H,3-6,8-9H2,1-2H3,(H2,21,22,23);7,10H,1-6H3;9-10H,3-8H2,1-2H3/t;10-,11-;;9-,10-/m.0.0/s1. The molecule has 5 aromatic rings. The molecular weight excluding hydrogens is 1540 g/mol. The van der Waals surface area contributed by atoms with Gasteiger partial charge >= 0.3 is 31.5 Å². The number of nitrogens with two attached hydrogens (primary N) is 1. The minimum atomic E-state index is -3.07. The Labute approximate surface area is 642 Å². The van der Waals surface area contributed by atoms with E-state index in [9.17, 15) is 45.5 Å². The molecule has 2 N–H and O–H groups in total. The molecule has 33 nitrogen and oxygen atoms in total. The van der Waals surface area contributed by atoms with Crippen molar-refractivity contribution in [3.63, 3.8) is 0 Å². The first-order valence-electron chi connectivity index (χ1n) is 34.8. The highest BCUT2D eigenvalue weighted by Gasteiger charge is 2.53. The summed E-state index contributed by atoms with van der Waals surface area (Å²) in [7, 11) is -1.16. The molecule has 4 atom stereocenters. The van der Waals surface area contributed by atoms with Gasteiger partial charge in [-0.2, -0.15) is 29.9 Å². The highest BCUT2D eigenvalue weighted by Crippen LogP contribution is 2.38. The van der Waals surface area contributed by atoms with E-state index >= 15 is 0 Å². The number of nitrogen functional groups attached to an aromatic ring is 1. The van der Waals surface area contributed by atoms with Crippen molar-refractivity contribution in [1.82, 2.24) is 59.8 Å². The number of hydrogen-bond donors (Lipinski definition) is 1. The molecule has 5 aliphatic rings. The van der Waals surface area contributed by atoms with Crippen molar-refractivity contribution in [3.05, 3.63) is 45.4 Å². The average molecular weight is 1630 g/mol. The SMILES string of the molecule is CC(C)(C)OC(=O)N(C(=O)OC(C)(C)C)c1ncc(B2OC(C)(C)C(C)(C)O2)c(C(F)F)n1.CC(C)(C)OC(=O)N(C(=O)OC(C)(C)C)c1ncc(Br)c(C(F)F)n1.C[C@H]1COCCN1c1nc(-c2cnc(N)nc2C(F)F)nc(N2CCOC[C@@H]2C)n1.C[C@H]1COCCN1c1nc(Cl)nc(N2CCOC[C@@H]2C)n1. The molecule has 0 aliphatic carbocycles. The number of amides is 4. The molecule has 0 unspecified atom stereocenters. The molecule has 5 aromatic heterocycles. The van der Waals surface area contributed by atoms with Gasteiger partial charge in [0.15, 0.2) is 5.82 Å². The summed E-state index contributed by atoms with van der Waals surface area (Å²) in [6.45, 7) is 41.8. The van der Waals surface area contributed by atoms with E-state index in [-0.39, 0.29) is 56.7 Å². The zero-order valence-electron chi connectivity index (χ0n) is 64.7. The van der Waals surface area contributed by atoms with Gasteiger partial charge in [-0.3, -0.25) is 0 Å². The summed E-state index contributed by atoms with van der Waals surface area (Å²) < 4.78 is 136. The molecule has 0 spiro atoms. The van der Waals surface area contributed by atoms with Crippen LogP contribution in [0.25, 0.3) is 11.4 Å². The van der Waals surface area contributed by atoms with Crippen LogP contribution in [-0.4, -0.2) is 228 Å². The van der Waals surface area contributed by atoms with Crippen LogP contribution in [-0.2, 0) is 47.2 Å². The third kappa shape index (κ3) is 24.5. The summed E-state index contributed by atoms with van der Waals surface area (Å²) >= 11 is 9.00. The van der Waals surface area contributed by atoms with Crippen LogP contribution in [0.5, 0.6) is 0 Å². The molecule has 10 rings (SSSR count). The Morgan fingerprint density at radius 3 is 1.14 bits per heavy atom. The maximum atomic E-state index is 14.0. The molecule has 0 bridgehead atoms. The zero-order chi connectivity index (χ0) is 81.2. The topological polar surface area (TPSA) is 361 Å². The van der Waals surface area contributed by atoms with Crippen LogP contribution in [0.3, 0.4) is 0 Å². The predicted molar refractivity (Wildman–Crippen MR) is 393 cm³/mol. The van der Waals surface area contributed by atoms with E-state index in [4.69, 9.17) is 64.5 Å². The fourth-order valence-corrected chi connectivity index (χ4v) is 10.8. The fraction of sp³-hybridized carbons (Fsp3) is 0.672. The molecule has 10 heterocycles. The summed E-state index contributed by atoms with van der Waals surface area (Å²) in [5, 5.41) is 0.229. The minimum absolute atomic E-state index is 0.0289. The van der Waals surface area contributed by atoms with E-state index in [1.165, 1.54) is 6.20 Å². The van der Waals surface area contributed by atoms with E-state index in [1.807, 2.05) is 23.6 Å². The normalized spacial score (nSPS) is 19.6. The van der Waals surface area contributed by atoms with Crippen molar-refractivity contribution in [2.24, 2.45) is 0 Å². The zero-order valence-corrected chi connectivity index (χ0v) is 67.0. The number of morpholine rings is 4. The lowest BCUT2D eigenvalue weighted by Gasteiger charge is -2.36. The molecule has 5 fully saturated rings. The van der Waals surface area contributed by atoms with E-state index in [0.29, 0.717) is 99.5 Å². The molecule has 109 heavy (non-hydrogen) atoms. The molecule has 0 radical (unpaired) electrons. The van der Waals surface area contributed by atoms with Crippen LogP contribution >= 0.6 is 27.5 Å². The fourth-order valence-electron chi connectivity index (χ4n) is 10.3. The highest BCUT2D eigenvalue weighted by atomic mass is 79.9. The largest absolute Gasteiger partial charge is 0.498 e. The van der Waals surface area contributed by atoms with Gasteiger partial charge in [-0.1, -0.05) is 0 Å². The maximum Gasteiger partial charge on any atom is 0.498 e. The summed E-state index contributed by atoms with van der Waals surface area (Å²) in [5.41, 5.74) is -1.86. The number of carbonyl (C=O) groups excluding carboxylic acids is 4. The number of anilines is 7. The number of rotatable bonds is 11. The Morgan fingerprint density at radius 1 is 0.495 bits per heavy atom. The Bertz CT molecular complexity index is 3810. The van der Waals surface area contributed by atoms with Crippen LogP contribution in [0.15, 0.2) is 23.1 Å². The van der Waals surface area contributed by atoms with Crippen molar-refractivity contribution in [2.75, 3.05) is 114 Å². The van der Waals surface area contributed by atoms with Gasteiger partial charge < -0.3 is 72.5 Å². The average Bonchev–Trinajstić information content (AvgIpc) is 1.67. The van der Waals surface area contributed by atoms with Crippen LogP contribution in [0, 0.1) is 0 Å². The lowest BCUT2D eigenvalue weighted by atomic mass is 9.79. The summed E-state index contributed by atoms with van der Waals surface area (Å²) in [4.78, 5) is 109.